The van der Waals surface area contributed by atoms with Gasteiger partial charge < -0.3 is 16.0 Å². The van der Waals surface area contributed by atoms with E-state index < -0.39 is 0 Å². The van der Waals surface area contributed by atoms with Crippen LogP contribution in [-0.4, -0.2) is 24.1 Å². The summed E-state index contributed by atoms with van der Waals surface area (Å²) in [5, 5.41) is 11.7. The third-order valence-corrected chi connectivity index (χ3v) is 4.04. The normalized spacial score (nSPS) is 16.3. The SMILES string of the molecule is CNc1nc(CNC(=O)NC2CCCCC2)cs1. The second kappa shape index (κ2) is 6.58. The Morgan fingerprint density at radius 2 is 2.22 bits per heavy atom. The highest BCUT2D eigenvalue weighted by atomic mass is 32.1. The van der Waals surface area contributed by atoms with Gasteiger partial charge in [-0.25, -0.2) is 9.78 Å². The number of thiazole rings is 1. The van der Waals surface area contributed by atoms with Gasteiger partial charge in [-0.15, -0.1) is 11.3 Å². The molecule has 1 saturated carbocycles. The number of urea groups is 1. The summed E-state index contributed by atoms with van der Waals surface area (Å²) >= 11 is 1.54. The van der Waals surface area contributed by atoms with Gasteiger partial charge in [0, 0.05) is 18.5 Å². The molecule has 1 fully saturated rings. The van der Waals surface area contributed by atoms with E-state index in [1.54, 1.807) is 11.3 Å². The van der Waals surface area contributed by atoms with Gasteiger partial charge in [-0.1, -0.05) is 19.3 Å². The molecule has 0 radical (unpaired) electrons. The van der Waals surface area contributed by atoms with Crippen molar-refractivity contribution in [2.45, 2.75) is 44.7 Å². The minimum atomic E-state index is -0.0825. The molecule has 0 atom stereocenters. The summed E-state index contributed by atoms with van der Waals surface area (Å²) in [5.41, 5.74) is 0.892. The number of amides is 2. The van der Waals surface area contributed by atoms with Crippen LogP contribution in [0.3, 0.4) is 0 Å². The molecule has 0 aromatic carbocycles. The lowest BCUT2D eigenvalue weighted by Gasteiger charge is -2.22. The minimum absolute atomic E-state index is 0.0825. The van der Waals surface area contributed by atoms with Crippen molar-refractivity contribution < 1.29 is 4.79 Å². The Morgan fingerprint density at radius 1 is 1.44 bits per heavy atom. The molecule has 0 spiro atoms. The van der Waals surface area contributed by atoms with E-state index >= 15 is 0 Å². The molecule has 0 bridgehead atoms. The molecule has 0 unspecified atom stereocenters. The molecule has 1 aliphatic carbocycles. The van der Waals surface area contributed by atoms with Crippen molar-refractivity contribution >= 4 is 22.5 Å². The molecule has 0 saturated heterocycles. The van der Waals surface area contributed by atoms with Crippen LogP contribution in [0.1, 0.15) is 37.8 Å². The molecule has 1 aromatic heterocycles. The maximum absolute atomic E-state index is 11.7. The van der Waals surface area contributed by atoms with Gasteiger partial charge >= 0.3 is 6.03 Å². The number of aromatic nitrogens is 1. The summed E-state index contributed by atoms with van der Waals surface area (Å²) in [4.78, 5) is 16.0. The highest BCUT2D eigenvalue weighted by Gasteiger charge is 2.15. The zero-order valence-corrected chi connectivity index (χ0v) is 11.5. The van der Waals surface area contributed by atoms with Crippen LogP contribution in [0, 0.1) is 0 Å². The van der Waals surface area contributed by atoms with Gasteiger partial charge in [-0.3, -0.25) is 0 Å². The van der Waals surface area contributed by atoms with Gasteiger partial charge in [-0.05, 0) is 12.8 Å². The molecule has 1 aromatic rings. The van der Waals surface area contributed by atoms with Crippen molar-refractivity contribution in [3.63, 3.8) is 0 Å². The van der Waals surface area contributed by atoms with Crippen LogP contribution in [-0.2, 0) is 6.54 Å². The fourth-order valence-corrected chi connectivity index (χ4v) is 2.83. The summed E-state index contributed by atoms with van der Waals surface area (Å²) in [6, 6.07) is 0.267. The van der Waals surface area contributed by atoms with Crippen LogP contribution in [0.5, 0.6) is 0 Å². The van der Waals surface area contributed by atoms with Crippen molar-refractivity contribution in [1.82, 2.24) is 15.6 Å². The fourth-order valence-electron chi connectivity index (χ4n) is 2.16. The van der Waals surface area contributed by atoms with Gasteiger partial charge in [0.05, 0.1) is 12.2 Å². The van der Waals surface area contributed by atoms with Crippen molar-refractivity contribution in [2.24, 2.45) is 0 Å². The summed E-state index contributed by atoms with van der Waals surface area (Å²) in [6.45, 7) is 0.483. The van der Waals surface area contributed by atoms with E-state index in [-0.39, 0.29) is 6.03 Å². The van der Waals surface area contributed by atoms with Crippen LogP contribution in [0.25, 0.3) is 0 Å². The third-order valence-electron chi connectivity index (χ3n) is 3.14. The molecular weight excluding hydrogens is 248 g/mol. The summed E-state index contributed by atoms with van der Waals surface area (Å²) in [6.07, 6.45) is 5.96. The molecule has 6 heteroatoms. The molecule has 18 heavy (non-hydrogen) atoms. The smallest absolute Gasteiger partial charge is 0.315 e. The van der Waals surface area contributed by atoms with E-state index in [4.69, 9.17) is 0 Å². The Morgan fingerprint density at radius 3 is 2.89 bits per heavy atom. The fraction of sp³-hybridized carbons (Fsp3) is 0.667. The Labute approximate surface area is 111 Å². The Balaban J connectivity index is 1.70. The highest BCUT2D eigenvalue weighted by molar-refractivity contribution is 7.13. The molecule has 100 valence electrons. The lowest BCUT2D eigenvalue weighted by molar-refractivity contribution is 0.232. The topological polar surface area (TPSA) is 66.0 Å². The number of carbonyl (C=O) groups excluding carboxylic acids is 1. The second-order valence-corrected chi connectivity index (χ2v) is 5.41. The van der Waals surface area contributed by atoms with Crippen LogP contribution >= 0.6 is 11.3 Å². The number of rotatable bonds is 4. The van der Waals surface area contributed by atoms with Crippen molar-refractivity contribution in [1.29, 1.82) is 0 Å². The summed E-state index contributed by atoms with van der Waals surface area (Å²) < 4.78 is 0. The third kappa shape index (κ3) is 3.87. The Kier molecular flexibility index (Phi) is 4.81. The quantitative estimate of drug-likeness (QED) is 0.785. The molecule has 2 amide bonds. The van der Waals surface area contributed by atoms with E-state index in [9.17, 15) is 4.79 Å². The molecule has 1 aliphatic rings. The molecule has 2 rings (SSSR count). The zero-order valence-electron chi connectivity index (χ0n) is 10.7. The maximum atomic E-state index is 11.7. The summed E-state index contributed by atoms with van der Waals surface area (Å²) in [7, 11) is 1.84. The van der Waals surface area contributed by atoms with Gasteiger partial charge in [0.1, 0.15) is 0 Å². The average Bonchev–Trinajstić information content (AvgIpc) is 2.85. The van der Waals surface area contributed by atoms with Gasteiger partial charge in [0.25, 0.3) is 0 Å². The van der Waals surface area contributed by atoms with Crippen molar-refractivity contribution in [3.05, 3.63) is 11.1 Å². The first-order valence-electron chi connectivity index (χ1n) is 6.44. The molecular formula is C12H20N4OS. The maximum Gasteiger partial charge on any atom is 0.315 e. The summed E-state index contributed by atoms with van der Waals surface area (Å²) in [5.74, 6) is 0. The minimum Gasteiger partial charge on any atom is -0.365 e. The lowest BCUT2D eigenvalue weighted by Crippen LogP contribution is -2.42. The van der Waals surface area contributed by atoms with Crippen LogP contribution in [0.15, 0.2) is 5.38 Å². The number of hydrogen-bond acceptors (Lipinski definition) is 4. The van der Waals surface area contributed by atoms with E-state index in [0.29, 0.717) is 12.6 Å². The molecule has 3 N–H and O–H groups in total. The van der Waals surface area contributed by atoms with E-state index in [2.05, 4.69) is 20.9 Å². The van der Waals surface area contributed by atoms with Crippen molar-refractivity contribution in [3.8, 4) is 0 Å². The van der Waals surface area contributed by atoms with Crippen LogP contribution < -0.4 is 16.0 Å². The van der Waals surface area contributed by atoms with Gasteiger partial charge in [-0.2, -0.15) is 0 Å². The highest BCUT2D eigenvalue weighted by Crippen LogP contribution is 2.17. The van der Waals surface area contributed by atoms with Gasteiger partial charge in [0.15, 0.2) is 5.13 Å². The number of nitrogens with zero attached hydrogens (tertiary/aromatic N) is 1. The number of hydrogen-bond donors (Lipinski definition) is 3. The molecule has 1 heterocycles. The van der Waals surface area contributed by atoms with Crippen molar-refractivity contribution in [2.75, 3.05) is 12.4 Å². The van der Waals surface area contributed by atoms with E-state index in [0.717, 1.165) is 23.7 Å². The number of carbonyl (C=O) groups is 1. The predicted molar refractivity (Wildman–Crippen MR) is 73.9 cm³/mol. The Hall–Kier alpha value is -1.30. The first-order chi connectivity index (χ1) is 8.78. The lowest BCUT2D eigenvalue weighted by atomic mass is 9.96. The molecule has 5 nitrogen and oxygen atoms in total. The number of anilines is 1. The predicted octanol–water partition coefficient (Wildman–Crippen LogP) is 2.32. The standard InChI is InChI=1S/C12H20N4OS/c1-13-12-16-10(8-18-12)7-14-11(17)15-9-5-3-2-4-6-9/h8-9H,2-7H2,1H3,(H,13,16)(H2,14,15,17). The largest absolute Gasteiger partial charge is 0.365 e. The van der Waals surface area contributed by atoms with Crippen LogP contribution in [0.4, 0.5) is 9.93 Å². The monoisotopic (exact) mass is 268 g/mol. The van der Waals surface area contributed by atoms with E-state index in [1.165, 1.54) is 19.3 Å². The average molecular weight is 268 g/mol. The number of nitrogens with one attached hydrogen (secondary N) is 3. The Bertz CT molecular complexity index is 387. The first-order valence-corrected chi connectivity index (χ1v) is 7.32. The van der Waals surface area contributed by atoms with Gasteiger partial charge in [0.2, 0.25) is 0 Å². The zero-order chi connectivity index (χ0) is 12.8. The van der Waals surface area contributed by atoms with Crippen LogP contribution in [0.2, 0.25) is 0 Å². The second-order valence-electron chi connectivity index (χ2n) is 4.56. The van der Waals surface area contributed by atoms with E-state index in [1.807, 2.05) is 12.4 Å². The molecule has 0 aliphatic heterocycles. The first kappa shape index (κ1) is 13.1.